The second kappa shape index (κ2) is 17.8. The van der Waals surface area contributed by atoms with Crippen LogP contribution in [-0.4, -0.2) is 42.4 Å². The van der Waals surface area contributed by atoms with Gasteiger partial charge in [-0.3, -0.25) is 4.79 Å². The number of halogens is 1. The van der Waals surface area contributed by atoms with Crippen LogP contribution in [0, 0.1) is 23.2 Å². The summed E-state index contributed by atoms with van der Waals surface area (Å²) in [4.78, 5) is 12.0. The molecule has 0 aromatic carbocycles. The van der Waals surface area contributed by atoms with Gasteiger partial charge in [0.25, 0.3) is 0 Å². The number of carbonyl (C=O) groups excluding carboxylic acids is 1. The fourth-order valence-electron chi connectivity index (χ4n) is 8.26. The van der Waals surface area contributed by atoms with Crippen LogP contribution in [-0.2, 0) is 9.53 Å². The fourth-order valence-corrected chi connectivity index (χ4v) is 8.26. The molecule has 246 valence electrons. The molecule has 3 rings (SSSR count). The summed E-state index contributed by atoms with van der Waals surface area (Å²) in [6.07, 6.45) is 22.6. The molecule has 0 saturated heterocycles. The fraction of sp³-hybridized carbons (Fsp3) is 0.811. The van der Waals surface area contributed by atoms with Gasteiger partial charge in [0.15, 0.2) is 0 Å². The predicted molar refractivity (Wildman–Crippen MR) is 176 cm³/mol. The molecular formula is C37H63FN2O3. The van der Waals surface area contributed by atoms with Gasteiger partial charge in [-0.2, -0.15) is 5.54 Å². The highest BCUT2D eigenvalue weighted by Gasteiger charge is 2.50. The number of hydrogen-bond donors (Lipinski definition) is 3. The monoisotopic (exact) mass is 602 g/mol. The highest BCUT2D eigenvalue weighted by Crippen LogP contribution is 2.60. The van der Waals surface area contributed by atoms with E-state index in [1.54, 1.807) is 11.1 Å². The quantitative estimate of drug-likeness (QED) is 0.108. The molecule has 3 aliphatic rings. The van der Waals surface area contributed by atoms with Crippen LogP contribution < -0.4 is 10.9 Å². The third kappa shape index (κ3) is 11.7. The number of amides is 1. The number of rotatable bonds is 18. The maximum Gasteiger partial charge on any atom is 0.219 e. The van der Waals surface area contributed by atoms with Gasteiger partial charge in [-0.05, 0) is 120 Å². The van der Waals surface area contributed by atoms with Gasteiger partial charge in [0, 0.05) is 26.1 Å². The number of ether oxygens (including phenoxy) is 1. The molecular weight excluding hydrogens is 539 g/mol. The Morgan fingerprint density at radius 2 is 1.91 bits per heavy atom. The first-order valence-corrected chi connectivity index (χ1v) is 17.6. The van der Waals surface area contributed by atoms with E-state index in [1.165, 1.54) is 49.7 Å². The third-order valence-electron chi connectivity index (χ3n) is 10.8. The number of hydrogen-bond acceptors (Lipinski definition) is 4. The molecule has 0 bridgehead atoms. The smallest absolute Gasteiger partial charge is 0.219 e. The molecule has 43 heavy (non-hydrogen) atoms. The number of fused-ring (bicyclic) bond motifs is 1. The molecule has 0 aromatic heterocycles. The van der Waals surface area contributed by atoms with Gasteiger partial charge < -0.3 is 15.2 Å². The van der Waals surface area contributed by atoms with Crippen molar-refractivity contribution in [2.45, 2.75) is 149 Å². The standard InChI is InChI=1S/C37H63FN2O3/c1-28-16-19-32(43-26-12-24-39-35(41)15-8-6-7-9-25-40-38)27-31(28)18-17-30-14-11-23-37(5)33(20-21-34(30)37)29(2)13-10-22-36(3,4)42/h17-18,29,32-34,40,42H,1,6-16,19-27H2,2-5H3,(H,39,41)/b30-17+,31-18-/t29-,32+,33?,34?,37-/m1/s1. The highest BCUT2D eigenvalue weighted by atomic mass is 19.2. The van der Waals surface area contributed by atoms with E-state index in [0.717, 1.165) is 70.1 Å². The van der Waals surface area contributed by atoms with E-state index in [9.17, 15) is 14.4 Å². The van der Waals surface area contributed by atoms with E-state index in [0.29, 0.717) is 43.4 Å². The van der Waals surface area contributed by atoms with E-state index in [1.807, 2.05) is 13.8 Å². The van der Waals surface area contributed by atoms with Gasteiger partial charge in [0.05, 0.1) is 11.7 Å². The molecule has 3 saturated carbocycles. The van der Waals surface area contributed by atoms with Crippen molar-refractivity contribution in [2.75, 3.05) is 19.7 Å². The zero-order chi connectivity index (χ0) is 31.3. The second-order valence-corrected chi connectivity index (χ2v) is 14.8. The Kier molecular flexibility index (Phi) is 14.9. The van der Waals surface area contributed by atoms with Gasteiger partial charge in [-0.25, -0.2) is 0 Å². The molecule has 2 unspecified atom stereocenters. The first kappa shape index (κ1) is 36.0. The Hall–Kier alpha value is -1.50. The maximum atomic E-state index is 12.0. The summed E-state index contributed by atoms with van der Waals surface area (Å²) in [6, 6.07) is 0. The Morgan fingerprint density at radius 1 is 1.12 bits per heavy atom. The lowest BCUT2D eigenvalue weighted by Gasteiger charge is -2.44. The molecule has 0 heterocycles. The van der Waals surface area contributed by atoms with E-state index in [4.69, 9.17) is 4.74 Å². The summed E-state index contributed by atoms with van der Waals surface area (Å²) in [5, 5.41) is 13.2. The summed E-state index contributed by atoms with van der Waals surface area (Å²) in [5.74, 6) is 2.28. The van der Waals surface area contributed by atoms with E-state index in [2.05, 4.69) is 37.9 Å². The van der Waals surface area contributed by atoms with Crippen molar-refractivity contribution < 1.29 is 19.1 Å². The predicted octanol–water partition coefficient (Wildman–Crippen LogP) is 8.69. The minimum absolute atomic E-state index is 0.100. The van der Waals surface area contributed by atoms with Crippen LogP contribution in [0.15, 0.2) is 35.5 Å². The Labute approximate surface area is 262 Å². The second-order valence-electron chi connectivity index (χ2n) is 14.8. The average molecular weight is 603 g/mol. The largest absolute Gasteiger partial charge is 0.390 e. The lowest BCUT2D eigenvalue weighted by Crippen LogP contribution is -2.36. The molecule has 5 atom stereocenters. The zero-order valence-electron chi connectivity index (χ0n) is 28.0. The normalized spacial score (nSPS) is 28.8. The summed E-state index contributed by atoms with van der Waals surface area (Å²) in [7, 11) is 0. The lowest BCUT2D eigenvalue weighted by atomic mass is 9.60. The van der Waals surface area contributed by atoms with Gasteiger partial charge >= 0.3 is 0 Å². The van der Waals surface area contributed by atoms with E-state index >= 15 is 0 Å². The first-order valence-electron chi connectivity index (χ1n) is 17.6. The summed E-state index contributed by atoms with van der Waals surface area (Å²) >= 11 is 0. The Morgan fingerprint density at radius 3 is 2.67 bits per heavy atom. The van der Waals surface area contributed by atoms with Crippen molar-refractivity contribution in [3.05, 3.63) is 35.5 Å². The van der Waals surface area contributed by atoms with Crippen LogP contribution in [0.3, 0.4) is 0 Å². The van der Waals surface area contributed by atoms with Crippen molar-refractivity contribution >= 4 is 5.91 Å². The maximum absolute atomic E-state index is 12.0. The molecule has 3 N–H and O–H groups in total. The molecule has 1 amide bonds. The van der Waals surface area contributed by atoms with Crippen molar-refractivity contribution in [1.82, 2.24) is 10.9 Å². The molecule has 3 aliphatic carbocycles. The first-order chi connectivity index (χ1) is 20.5. The van der Waals surface area contributed by atoms with Crippen LogP contribution in [0.2, 0.25) is 0 Å². The van der Waals surface area contributed by atoms with E-state index in [-0.39, 0.29) is 12.0 Å². The lowest BCUT2D eigenvalue weighted by molar-refractivity contribution is -0.121. The van der Waals surface area contributed by atoms with Gasteiger partial charge in [0.2, 0.25) is 5.91 Å². The molecule has 0 radical (unpaired) electrons. The highest BCUT2D eigenvalue weighted by molar-refractivity contribution is 5.75. The summed E-state index contributed by atoms with van der Waals surface area (Å²) in [6.45, 7) is 15.0. The van der Waals surface area contributed by atoms with E-state index < -0.39 is 5.60 Å². The number of aliphatic hydroxyl groups is 1. The van der Waals surface area contributed by atoms with Crippen molar-refractivity contribution in [2.24, 2.45) is 23.2 Å². The Bertz CT molecular complexity index is 939. The minimum Gasteiger partial charge on any atom is -0.390 e. The molecule has 5 nitrogen and oxygen atoms in total. The third-order valence-corrected chi connectivity index (χ3v) is 10.8. The number of carbonyl (C=O) groups is 1. The van der Waals surface area contributed by atoms with Gasteiger partial charge in [0.1, 0.15) is 0 Å². The van der Waals surface area contributed by atoms with Gasteiger partial charge in [-0.1, -0.05) is 69.4 Å². The summed E-state index contributed by atoms with van der Waals surface area (Å²) < 4.78 is 18.1. The molecule has 0 aliphatic heterocycles. The van der Waals surface area contributed by atoms with Crippen molar-refractivity contribution in [3.8, 4) is 0 Å². The van der Waals surface area contributed by atoms with Crippen LogP contribution in [0.25, 0.3) is 0 Å². The van der Waals surface area contributed by atoms with Gasteiger partial charge in [-0.15, -0.1) is 4.48 Å². The molecule has 6 heteroatoms. The number of unbranched alkanes of at least 4 members (excludes halogenated alkanes) is 3. The Balaban J connectivity index is 1.43. The minimum atomic E-state index is -0.557. The van der Waals surface area contributed by atoms with Crippen molar-refractivity contribution in [1.29, 1.82) is 0 Å². The van der Waals surface area contributed by atoms with Crippen molar-refractivity contribution in [3.63, 3.8) is 0 Å². The molecule has 0 aromatic rings. The molecule has 3 fully saturated rings. The van der Waals surface area contributed by atoms with Crippen LogP contribution in [0.5, 0.6) is 0 Å². The number of allylic oxidation sites excluding steroid dienone is 4. The number of nitrogens with one attached hydrogen (secondary N) is 2. The zero-order valence-corrected chi connectivity index (χ0v) is 28.0. The average Bonchev–Trinajstić information content (AvgIpc) is 3.31. The molecule has 0 spiro atoms. The van der Waals surface area contributed by atoms with Crippen LogP contribution >= 0.6 is 0 Å². The van der Waals surface area contributed by atoms with Crippen LogP contribution in [0.4, 0.5) is 4.48 Å². The topological polar surface area (TPSA) is 70.6 Å². The van der Waals surface area contributed by atoms with Crippen LogP contribution in [0.1, 0.15) is 137 Å². The summed E-state index contributed by atoms with van der Waals surface area (Å²) in [5.41, 5.74) is 5.77. The SMILES string of the molecule is C=C1CC[C@H](OCCCNC(=O)CCCCCCNF)C/C1=C/C=C1\CCC[C@@]2(C)C1CCC2[C@H](C)CCCC(C)(C)O.